The number of ether oxygens (including phenoxy) is 1. The average molecular weight is 507 g/mol. The van der Waals surface area contributed by atoms with Crippen molar-refractivity contribution in [3.8, 4) is 6.07 Å². The van der Waals surface area contributed by atoms with Gasteiger partial charge in [0.25, 0.3) is 0 Å². The van der Waals surface area contributed by atoms with Gasteiger partial charge in [-0.2, -0.15) is 10.2 Å². The molecule has 3 N–H and O–H groups in total. The fraction of sp³-hybridized carbons (Fsp3) is 0.607. The number of hydrogen-bond donors (Lipinski definition) is 3. The third-order valence-electron chi connectivity index (χ3n) is 8.98. The largest absolute Gasteiger partial charge is 0.381 e. The first-order valence-electron chi connectivity index (χ1n) is 13.4. The van der Waals surface area contributed by atoms with E-state index in [0.717, 1.165) is 55.9 Å². The summed E-state index contributed by atoms with van der Waals surface area (Å²) in [5.41, 5.74) is 1.77. The molecule has 7 nitrogen and oxygen atoms in total. The Morgan fingerprint density at radius 2 is 1.86 bits per heavy atom. The van der Waals surface area contributed by atoms with Crippen molar-refractivity contribution in [2.75, 3.05) is 30.4 Å². The van der Waals surface area contributed by atoms with E-state index in [0.29, 0.717) is 46.4 Å². The van der Waals surface area contributed by atoms with Crippen molar-refractivity contribution in [3.63, 3.8) is 0 Å². The molecule has 4 aliphatic carbocycles. The van der Waals surface area contributed by atoms with E-state index in [1.165, 1.54) is 32.1 Å². The Morgan fingerprint density at radius 1 is 1.08 bits per heavy atom. The highest BCUT2D eigenvalue weighted by Gasteiger charge is 2.55. The van der Waals surface area contributed by atoms with Crippen LogP contribution in [0.15, 0.2) is 30.5 Å². The number of hydrogen-bond acceptors (Lipinski definition) is 7. The van der Waals surface area contributed by atoms with Gasteiger partial charge in [0.05, 0.1) is 6.20 Å². The van der Waals surface area contributed by atoms with Gasteiger partial charge in [-0.1, -0.05) is 29.8 Å². The molecule has 0 amide bonds. The normalized spacial score (nSPS) is 31.2. The summed E-state index contributed by atoms with van der Waals surface area (Å²) in [5.74, 6) is 3.49. The Hall–Kier alpha value is -2.40. The highest BCUT2D eigenvalue weighted by atomic mass is 35.5. The second kappa shape index (κ2) is 10.2. The van der Waals surface area contributed by atoms with Crippen LogP contribution in [0, 0.1) is 34.5 Å². The van der Waals surface area contributed by atoms with E-state index in [1.54, 1.807) is 6.20 Å². The first-order chi connectivity index (χ1) is 17.6. The molecule has 3 unspecified atom stereocenters. The zero-order valence-corrected chi connectivity index (χ0v) is 21.4. The van der Waals surface area contributed by atoms with E-state index in [4.69, 9.17) is 16.3 Å². The van der Waals surface area contributed by atoms with Gasteiger partial charge >= 0.3 is 0 Å². The van der Waals surface area contributed by atoms with Crippen LogP contribution in [-0.4, -0.2) is 41.8 Å². The highest BCUT2D eigenvalue weighted by Crippen LogP contribution is 2.60. The number of rotatable bonds is 8. The molecule has 4 bridgehead atoms. The summed E-state index contributed by atoms with van der Waals surface area (Å²) < 4.78 is 5.58. The standard InChI is InChI=1S/C28H35ClN6O/c29-24-4-2-1-3-19(24)15-31-27-32-16-22(14-30)26(35-27)33-17-28-11-18-9-20(12-28)25(21(10-18)13-28)34-23-5-7-36-8-6-23/h1-4,16,18,20-21,23,25,34H,5-13,15,17H2,(H2,31,32,33,35)/t18?,20-,21+,25?,28?. The zero-order chi connectivity index (χ0) is 24.5. The van der Waals surface area contributed by atoms with Gasteiger partial charge in [-0.05, 0) is 79.7 Å². The van der Waals surface area contributed by atoms with Crippen LogP contribution in [0.2, 0.25) is 5.02 Å². The summed E-state index contributed by atoms with van der Waals surface area (Å²) in [6, 6.07) is 11.3. The average Bonchev–Trinajstić information content (AvgIpc) is 2.89. The van der Waals surface area contributed by atoms with Crippen molar-refractivity contribution in [2.24, 2.45) is 23.2 Å². The maximum Gasteiger partial charge on any atom is 0.224 e. The molecule has 1 saturated heterocycles. The number of nitrogens with zero attached hydrogens (tertiary/aromatic N) is 3. The second-order valence-electron chi connectivity index (χ2n) is 11.4. The van der Waals surface area contributed by atoms with Gasteiger partial charge in [0.1, 0.15) is 17.5 Å². The molecule has 5 aliphatic rings. The van der Waals surface area contributed by atoms with Gasteiger partial charge < -0.3 is 20.7 Å². The molecule has 7 rings (SSSR count). The van der Waals surface area contributed by atoms with Crippen LogP contribution >= 0.6 is 11.6 Å². The molecule has 8 heteroatoms. The molecular formula is C28H35ClN6O. The van der Waals surface area contributed by atoms with E-state index in [2.05, 4.69) is 32.0 Å². The first-order valence-corrected chi connectivity index (χ1v) is 13.8. The van der Waals surface area contributed by atoms with Gasteiger partial charge in [-0.25, -0.2) is 4.98 Å². The smallest absolute Gasteiger partial charge is 0.224 e. The van der Waals surface area contributed by atoms with Crippen LogP contribution in [0.1, 0.15) is 56.1 Å². The monoisotopic (exact) mass is 506 g/mol. The van der Waals surface area contributed by atoms with Gasteiger partial charge in [0, 0.05) is 43.4 Å². The number of aromatic nitrogens is 2. The lowest BCUT2D eigenvalue weighted by molar-refractivity contribution is -0.0751. The fourth-order valence-corrected chi connectivity index (χ4v) is 7.79. The first kappa shape index (κ1) is 24.0. The number of benzene rings is 1. The van der Waals surface area contributed by atoms with Crippen molar-refractivity contribution in [1.82, 2.24) is 15.3 Å². The van der Waals surface area contributed by atoms with Crippen molar-refractivity contribution < 1.29 is 4.74 Å². The van der Waals surface area contributed by atoms with E-state index in [1.807, 2.05) is 24.3 Å². The minimum absolute atomic E-state index is 0.299. The van der Waals surface area contributed by atoms with Crippen molar-refractivity contribution >= 4 is 23.4 Å². The number of halogens is 1. The lowest BCUT2D eigenvalue weighted by atomic mass is 9.48. The SMILES string of the molecule is N#Cc1cnc(NCc2ccccc2Cl)nc1NCC12CC3C[C@H](C1)C(NC1CCOCC1)[C@@H](C3)C2. The van der Waals surface area contributed by atoms with Crippen LogP contribution in [0.25, 0.3) is 0 Å². The van der Waals surface area contributed by atoms with Crippen LogP contribution < -0.4 is 16.0 Å². The lowest BCUT2D eigenvalue weighted by Gasteiger charge is -2.61. The van der Waals surface area contributed by atoms with Crippen molar-refractivity contribution in [2.45, 2.75) is 63.6 Å². The molecule has 1 aliphatic heterocycles. The minimum Gasteiger partial charge on any atom is -0.381 e. The molecule has 0 spiro atoms. The molecule has 1 aromatic heterocycles. The van der Waals surface area contributed by atoms with Crippen molar-refractivity contribution in [3.05, 3.63) is 46.6 Å². The van der Waals surface area contributed by atoms with Crippen LogP contribution in [0.5, 0.6) is 0 Å². The molecule has 1 aromatic carbocycles. The summed E-state index contributed by atoms with van der Waals surface area (Å²) in [4.78, 5) is 9.02. The van der Waals surface area contributed by atoms with E-state index < -0.39 is 0 Å². The summed E-state index contributed by atoms with van der Waals surface area (Å²) >= 11 is 6.29. The molecule has 0 radical (unpaired) electrons. The molecule has 2 aromatic rings. The number of nitrogens with one attached hydrogen (secondary N) is 3. The minimum atomic E-state index is 0.299. The summed E-state index contributed by atoms with van der Waals surface area (Å²) in [7, 11) is 0. The Balaban J connectivity index is 1.12. The highest BCUT2D eigenvalue weighted by molar-refractivity contribution is 6.31. The van der Waals surface area contributed by atoms with E-state index >= 15 is 0 Å². The molecule has 4 saturated carbocycles. The summed E-state index contributed by atoms with van der Waals surface area (Å²) in [5, 5.41) is 21.3. The predicted molar refractivity (Wildman–Crippen MR) is 141 cm³/mol. The maximum atomic E-state index is 9.68. The van der Waals surface area contributed by atoms with Crippen LogP contribution in [-0.2, 0) is 11.3 Å². The third kappa shape index (κ3) is 4.91. The quantitative estimate of drug-likeness (QED) is 0.464. The van der Waals surface area contributed by atoms with Gasteiger partial charge in [0.15, 0.2) is 0 Å². The van der Waals surface area contributed by atoms with Crippen LogP contribution in [0.3, 0.4) is 0 Å². The topological polar surface area (TPSA) is 94.9 Å². The molecule has 190 valence electrons. The molecular weight excluding hydrogens is 472 g/mol. The molecule has 5 atom stereocenters. The summed E-state index contributed by atoms with van der Waals surface area (Å²) in [6.07, 6.45) is 10.4. The van der Waals surface area contributed by atoms with Gasteiger partial charge in [-0.15, -0.1) is 0 Å². The Morgan fingerprint density at radius 3 is 2.61 bits per heavy atom. The number of anilines is 2. The lowest BCUT2D eigenvalue weighted by Crippen LogP contribution is -2.61. The number of nitriles is 1. The van der Waals surface area contributed by atoms with E-state index in [-0.39, 0.29) is 0 Å². The predicted octanol–water partition coefficient (Wildman–Crippen LogP) is 4.99. The third-order valence-corrected chi connectivity index (χ3v) is 9.35. The molecule has 5 fully saturated rings. The molecule has 2 heterocycles. The Kier molecular flexibility index (Phi) is 6.76. The Labute approximate surface area is 218 Å². The zero-order valence-electron chi connectivity index (χ0n) is 20.7. The second-order valence-corrected chi connectivity index (χ2v) is 11.8. The van der Waals surface area contributed by atoms with E-state index in [9.17, 15) is 5.26 Å². The fourth-order valence-electron chi connectivity index (χ4n) is 7.59. The maximum absolute atomic E-state index is 9.68. The van der Waals surface area contributed by atoms with Crippen molar-refractivity contribution in [1.29, 1.82) is 5.26 Å². The van der Waals surface area contributed by atoms with Gasteiger partial charge in [-0.3, -0.25) is 0 Å². The molecule has 36 heavy (non-hydrogen) atoms. The summed E-state index contributed by atoms with van der Waals surface area (Å²) in [6.45, 7) is 3.19. The van der Waals surface area contributed by atoms with Gasteiger partial charge in [0.2, 0.25) is 5.95 Å². The van der Waals surface area contributed by atoms with Crippen LogP contribution in [0.4, 0.5) is 11.8 Å². The Bertz CT molecular complexity index is 1110.